The van der Waals surface area contributed by atoms with Crippen LogP contribution in [0.2, 0.25) is 0 Å². The Balaban J connectivity index is 2.32. The van der Waals surface area contributed by atoms with E-state index in [-0.39, 0.29) is 18.7 Å². The molecule has 7 heteroatoms. The minimum atomic E-state index is -1.45. The van der Waals surface area contributed by atoms with Crippen LogP contribution in [0.25, 0.3) is 0 Å². The molecule has 0 radical (unpaired) electrons. The Morgan fingerprint density at radius 2 is 2.15 bits per heavy atom. The lowest BCUT2D eigenvalue weighted by Crippen LogP contribution is -2.48. The van der Waals surface area contributed by atoms with Crippen LogP contribution in [0, 0.1) is 0 Å². The van der Waals surface area contributed by atoms with Crippen LogP contribution in [0.3, 0.4) is 0 Å². The number of hydrogen-bond acceptors (Lipinski definition) is 4. The van der Waals surface area contributed by atoms with Gasteiger partial charge in [-0.25, -0.2) is 4.79 Å². The van der Waals surface area contributed by atoms with Crippen LogP contribution in [0.1, 0.15) is 32.6 Å². The standard InChI is InChI=1S/C13H24N2O5/c1-13(19,7-11(16)17)9-14-12(18)15(2)8-10-5-3-4-6-20-10/h10,19H,3-9H2,1-2H3,(H,14,18)(H,16,17). The number of nitrogens with one attached hydrogen (secondary N) is 1. The molecule has 1 rings (SSSR count). The number of aliphatic carboxylic acids is 1. The Morgan fingerprint density at radius 3 is 2.70 bits per heavy atom. The topological polar surface area (TPSA) is 99.1 Å². The van der Waals surface area contributed by atoms with Crippen LogP contribution in [0.5, 0.6) is 0 Å². The van der Waals surface area contributed by atoms with Gasteiger partial charge in [-0.15, -0.1) is 0 Å². The van der Waals surface area contributed by atoms with E-state index in [0.29, 0.717) is 6.54 Å². The van der Waals surface area contributed by atoms with Gasteiger partial charge in [-0.3, -0.25) is 4.79 Å². The van der Waals surface area contributed by atoms with E-state index >= 15 is 0 Å². The van der Waals surface area contributed by atoms with Gasteiger partial charge < -0.3 is 25.2 Å². The molecule has 1 fully saturated rings. The number of aliphatic hydroxyl groups is 1. The third kappa shape index (κ3) is 6.21. The van der Waals surface area contributed by atoms with Crippen molar-refractivity contribution in [2.75, 3.05) is 26.7 Å². The summed E-state index contributed by atoms with van der Waals surface area (Å²) in [5.74, 6) is -1.10. The molecule has 2 amide bonds. The molecule has 0 aromatic heterocycles. The van der Waals surface area contributed by atoms with Crippen molar-refractivity contribution >= 4 is 12.0 Å². The minimum Gasteiger partial charge on any atom is -0.481 e. The molecule has 0 aliphatic carbocycles. The Morgan fingerprint density at radius 1 is 1.45 bits per heavy atom. The van der Waals surface area contributed by atoms with Crippen molar-refractivity contribution in [3.63, 3.8) is 0 Å². The molecule has 0 saturated carbocycles. The molecule has 2 unspecified atom stereocenters. The van der Waals surface area contributed by atoms with Crippen molar-refractivity contribution in [1.82, 2.24) is 10.2 Å². The van der Waals surface area contributed by atoms with E-state index in [1.54, 1.807) is 7.05 Å². The molecular formula is C13H24N2O5. The zero-order chi connectivity index (χ0) is 15.2. The van der Waals surface area contributed by atoms with Crippen LogP contribution >= 0.6 is 0 Å². The highest BCUT2D eigenvalue weighted by Crippen LogP contribution is 2.13. The van der Waals surface area contributed by atoms with Gasteiger partial charge in [0.05, 0.1) is 18.1 Å². The number of carboxylic acids is 1. The van der Waals surface area contributed by atoms with Crippen molar-refractivity contribution < 1.29 is 24.5 Å². The van der Waals surface area contributed by atoms with E-state index in [1.165, 1.54) is 11.8 Å². The third-order valence-electron chi connectivity index (χ3n) is 3.25. The average molecular weight is 288 g/mol. The molecule has 116 valence electrons. The number of rotatable bonds is 6. The van der Waals surface area contributed by atoms with Crippen molar-refractivity contribution in [2.45, 2.75) is 44.3 Å². The zero-order valence-corrected chi connectivity index (χ0v) is 12.1. The molecule has 3 N–H and O–H groups in total. The highest BCUT2D eigenvalue weighted by Gasteiger charge is 2.26. The first-order chi connectivity index (χ1) is 9.30. The molecule has 1 heterocycles. The summed E-state index contributed by atoms with van der Waals surface area (Å²) in [7, 11) is 1.65. The lowest BCUT2D eigenvalue weighted by atomic mass is 10.0. The lowest BCUT2D eigenvalue weighted by Gasteiger charge is -2.28. The highest BCUT2D eigenvalue weighted by atomic mass is 16.5. The number of ether oxygens (including phenoxy) is 1. The first-order valence-electron chi connectivity index (χ1n) is 6.85. The summed E-state index contributed by atoms with van der Waals surface area (Å²) in [4.78, 5) is 23.9. The first-order valence-corrected chi connectivity index (χ1v) is 6.85. The first kappa shape index (κ1) is 16.7. The van der Waals surface area contributed by atoms with Gasteiger partial charge in [0.15, 0.2) is 0 Å². The Hall–Kier alpha value is -1.34. The van der Waals surface area contributed by atoms with Gasteiger partial charge >= 0.3 is 12.0 Å². The second-order valence-electron chi connectivity index (χ2n) is 5.60. The maximum Gasteiger partial charge on any atom is 0.317 e. The summed E-state index contributed by atoms with van der Waals surface area (Å²) >= 11 is 0. The van der Waals surface area contributed by atoms with Crippen molar-refractivity contribution in [3.8, 4) is 0 Å². The van der Waals surface area contributed by atoms with Crippen LogP contribution in [-0.4, -0.2) is 65.6 Å². The van der Waals surface area contributed by atoms with E-state index in [9.17, 15) is 14.7 Å². The molecule has 0 aromatic carbocycles. The molecule has 7 nitrogen and oxygen atoms in total. The third-order valence-corrected chi connectivity index (χ3v) is 3.25. The van der Waals surface area contributed by atoms with Crippen molar-refractivity contribution in [1.29, 1.82) is 0 Å². The van der Waals surface area contributed by atoms with Crippen LogP contribution in [0.4, 0.5) is 4.79 Å². The van der Waals surface area contributed by atoms with Gasteiger partial charge in [0.2, 0.25) is 0 Å². The number of carbonyl (C=O) groups is 2. The number of carbonyl (C=O) groups excluding carboxylic acids is 1. The predicted molar refractivity (Wildman–Crippen MR) is 72.5 cm³/mol. The molecule has 1 saturated heterocycles. The van der Waals surface area contributed by atoms with Gasteiger partial charge in [0.25, 0.3) is 0 Å². The second-order valence-corrected chi connectivity index (χ2v) is 5.60. The number of urea groups is 1. The summed E-state index contributed by atoms with van der Waals surface area (Å²) in [5, 5.41) is 21.0. The summed E-state index contributed by atoms with van der Waals surface area (Å²) in [6.45, 7) is 2.50. The monoisotopic (exact) mass is 288 g/mol. The van der Waals surface area contributed by atoms with Crippen molar-refractivity contribution in [3.05, 3.63) is 0 Å². The molecular weight excluding hydrogens is 264 g/mol. The summed E-state index contributed by atoms with van der Waals surface area (Å²) < 4.78 is 5.55. The predicted octanol–water partition coefficient (Wildman–Crippen LogP) is 0.423. The summed E-state index contributed by atoms with van der Waals surface area (Å²) in [6.07, 6.45) is 2.74. The van der Waals surface area contributed by atoms with Gasteiger partial charge in [-0.1, -0.05) is 0 Å². The van der Waals surface area contributed by atoms with E-state index < -0.39 is 18.0 Å². The molecule has 0 aromatic rings. The Kier molecular flexibility index (Phi) is 6.22. The highest BCUT2D eigenvalue weighted by molar-refractivity contribution is 5.74. The fraction of sp³-hybridized carbons (Fsp3) is 0.846. The number of likely N-dealkylation sites (N-methyl/N-ethyl adjacent to an activating group) is 1. The zero-order valence-electron chi connectivity index (χ0n) is 12.1. The number of carboxylic acid groups (broad SMARTS) is 1. The minimum absolute atomic E-state index is 0.0547. The second kappa shape index (κ2) is 7.44. The van der Waals surface area contributed by atoms with Gasteiger partial charge in [0, 0.05) is 26.7 Å². The average Bonchev–Trinajstić information content (AvgIpc) is 2.35. The molecule has 2 atom stereocenters. The fourth-order valence-corrected chi connectivity index (χ4v) is 2.13. The van der Waals surface area contributed by atoms with E-state index in [1.807, 2.05) is 0 Å². The fourth-order valence-electron chi connectivity index (χ4n) is 2.13. The van der Waals surface area contributed by atoms with E-state index in [2.05, 4.69) is 5.32 Å². The van der Waals surface area contributed by atoms with E-state index in [4.69, 9.17) is 9.84 Å². The molecule has 1 aliphatic heterocycles. The maximum atomic E-state index is 11.8. The Labute approximate surface area is 118 Å². The smallest absolute Gasteiger partial charge is 0.317 e. The summed E-state index contributed by atoms with van der Waals surface area (Å²) in [6, 6.07) is -0.343. The molecule has 1 aliphatic rings. The molecule has 0 spiro atoms. The van der Waals surface area contributed by atoms with E-state index in [0.717, 1.165) is 25.9 Å². The number of nitrogens with zero attached hydrogens (tertiary/aromatic N) is 1. The van der Waals surface area contributed by atoms with Gasteiger partial charge in [-0.2, -0.15) is 0 Å². The SMILES string of the molecule is CN(CC1CCCCO1)C(=O)NCC(C)(O)CC(=O)O. The van der Waals surface area contributed by atoms with Gasteiger partial charge in [0.1, 0.15) is 0 Å². The quantitative estimate of drug-likeness (QED) is 0.658. The maximum absolute atomic E-state index is 11.8. The van der Waals surface area contributed by atoms with Crippen LogP contribution in [0.15, 0.2) is 0 Å². The van der Waals surface area contributed by atoms with Crippen molar-refractivity contribution in [2.24, 2.45) is 0 Å². The number of hydrogen-bond donors (Lipinski definition) is 3. The molecule has 0 bridgehead atoms. The normalized spacial score (nSPS) is 21.9. The van der Waals surface area contributed by atoms with Crippen LogP contribution < -0.4 is 5.32 Å². The number of amides is 2. The molecule has 20 heavy (non-hydrogen) atoms. The largest absolute Gasteiger partial charge is 0.481 e. The lowest BCUT2D eigenvalue weighted by molar-refractivity contribution is -0.141. The summed E-state index contributed by atoms with van der Waals surface area (Å²) in [5.41, 5.74) is -1.45. The van der Waals surface area contributed by atoms with Crippen LogP contribution in [-0.2, 0) is 9.53 Å². The Bertz CT molecular complexity index is 340. The van der Waals surface area contributed by atoms with Gasteiger partial charge in [-0.05, 0) is 26.2 Å².